The van der Waals surface area contributed by atoms with Gasteiger partial charge >= 0.3 is 21.7 Å². The van der Waals surface area contributed by atoms with Gasteiger partial charge in [-0.2, -0.15) is 11.1 Å². The average Bonchev–Trinajstić information content (AvgIpc) is 3.04. The largest absolute Gasteiger partial charge is 4.00 e. The summed E-state index contributed by atoms with van der Waals surface area (Å²) in [6.07, 6.45) is 6.18. The Morgan fingerprint density at radius 3 is 1.34 bits per heavy atom. The Bertz CT molecular complexity index is 1190. The molecule has 1 aliphatic rings. The third kappa shape index (κ3) is 5.81. The van der Waals surface area contributed by atoms with Crippen molar-refractivity contribution in [3.63, 3.8) is 0 Å². The molecule has 0 nitrogen and oxygen atoms in total. The molecule has 0 aliphatic heterocycles. The smallest absolute Gasteiger partial charge is 0.358 e. The van der Waals surface area contributed by atoms with Crippen molar-refractivity contribution in [2.45, 2.75) is 73.3 Å². The first kappa shape index (κ1) is 36.1. The molecular weight excluding hydrogens is 508 g/mol. The maximum atomic E-state index is 4.07. The van der Waals surface area contributed by atoms with Crippen LogP contribution in [0.15, 0.2) is 83.4 Å². The van der Waals surface area contributed by atoms with E-state index in [0.717, 1.165) is 12.8 Å². The SMILES string of the molecule is CCc1cc(CC)cc([Si](c2ccc(C)cc2)(c2ccc(C)cc2)C2(C)[C-]=C(C)C(C)=C2C)c1.[CH3-].[CH3-].[CH3-].[Ti+4]. The third-order valence-electron chi connectivity index (χ3n) is 8.33. The van der Waals surface area contributed by atoms with E-state index in [1.807, 2.05) is 0 Å². The number of aryl methyl sites for hydroxylation is 4. The van der Waals surface area contributed by atoms with E-state index in [2.05, 4.69) is 128 Å². The summed E-state index contributed by atoms with van der Waals surface area (Å²) in [6, 6.07) is 26.3. The summed E-state index contributed by atoms with van der Waals surface area (Å²) >= 11 is 0. The molecular formula is C36H48SiTi. The first-order valence-electron chi connectivity index (χ1n) is 12.7. The third-order valence-corrected chi connectivity index (χ3v) is 13.9. The van der Waals surface area contributed by atoms with E-state index in [4.69, 9.17) is 0 Å². The summed E-state index contributed by atoms with van der Waals surface area (Å²) in [4.78, 5) is 0. The van der Waals surface area contributed by atoms with Crippen LogP contribution < -0.4 is 15.6 Å². The van der Waals surface area contributed by atoms with Crippen LogP contribution in [0.4, 0.5) is 0 Å². The number of hydrogen-bond acceptors (Lipinski definition) is 0. The summed E-state index contributed by atoms with van der Waals surface area (Å²) in [5, 5.41) is 4.26. The summed E-state index contributed by atoms with van der Waals surface area (Å²) in [7, 11) is -2.59. The van der Waals surface area contributed by atoms with Gasteiger partial charge in [-0.15, -0.1) is 6.92 Å². The molecule has 1 aliphatic carbocycles. The molecule has 0 bridgehead atoms. The maximum absolute atomic E-state index is 4.07. The van der Waals surface area contributed by atoms with Crippen LogP contribution in [0.2, 0.25) is 5.04 Å². The van der Waals surface area contributed by atoms with Crippen LogP contribution in [-0.4, -0.2) is 8.07 Å². The van der Waals surface area contributed by atoms with Gasteiger partial charge in [-0.05, 0) is 53.4 Å². The molecule has 200 valence electrons. The maximum Gasteiger partial charge on any atom is 4.00 e. The molecule has 0 saturated heterocycles. The summed E-state index contributed by atoms with van der Waals surface area (Å²) < 4.78 is 0. The monoisotopic (exact) mass is 556 g/mol. The van der Waals surface area contributed by atoms with Crippen molar-refractivity contribution < 1.29 is 21.7 Å². The fourth-order valence-electron chi connectivity index (χ4n) is 5.95. The van der Waals surface area contributed by atoms with E-state index in [9.17, 15) is 0 Å². The molecule has 0 spiro atoms. The minimum Gasteiger partial charge on any atom is -0.358 e. The van der Waals surface area contributed by atoms with Gasteiger partial charge in [-0.25, -0.2) is 5.57 Å². The topological polar surface area (TPSA) is 0 Å². The molecule has 0 N–H and O–H groups in total. The van der Waals surface area contributed by atoms with E-state index in [1.165, 1.54) is 54.5 Å². The molecule has 2 heteroatoms. The molecule has 0 amide bonds. The van der Waals surface area contributed by atoms with Gasteiger partial charge < -0.3 is 22.3 Å². The van der Waals surface area contributed by atoms with Crippen molar-refractivity contribution in [1.82, 2.24) is 0 Å². The second kappa shape index (κ2) is 13.9. The van der Waals surface area contributed by atoms with Gasteiger partial charge in [0.1, 0.15) is 8.07 Å². The normalized spacial score (nSPS) is 16.5. The van der Waals surface area contributed by atoms with Crippen LogP contribution >= 0.6 is 0 Å². The summed E-state index contributed by atoms with van der Waals surface area (Å²) in [5.41, 5.74) is 9.67. The van der Waals surface area contributed by atoms with Crippen molar-refractivity contribution in [2.24, 2.45) is 0 Å². The summed E-state index contributed by atoms with van der Waals surface area (Å²) in [5.74, 6) is 0. The first-order chi connectivity index (χ1) is 16.2. The van der Waals surface area contributed by atoms with Crippen LogP contribution in [0.25, 0.3) is 0 Å². The van der Waals surface area contributed by atoms with Crippen LogP contribution in [0.3, 0.4) is 0 Å². The zero-order valence-corrected chi connectivity index (χ0v) is 28.3. The van der Waals surface area contributed by atoms with Crippen LogP contribution in [0.1, 0.15) is 63.8 Å². The Morgan fingerprint density at radius 1 is 0.632 bits per heavy atom. The number of rotatable bonds is 6. The second-order valence-electron chi connectivity index (χ2n) is 10.4. The Hall–Kier alpha value is -1.93. The number of hydrogen-bond donors (Lipinski definition) is 0. The van der Waals surface area contributed by atoms with E-state index in [1.54, 1.807) is 0 Å². The van der Waals surface area contributed by atoms with Crippen molar-refractivity contribution >= 4 is 23.6 Å². The second-order valence-corrected chi connectivity index (χ2v) is 14.6. The molecule has 0 heterocycles. The molecule has 3 aromatic rings. The van der Waals surface area contributed by atoms with Gasteiger partial charge in [0.25, 0.3) is 0 Å². The van der Waals surface area contributed by atoms with Gasteiger partial charge in [0.15, 0.2) is 0 Å². The fraction of sp³-hybridized carbons (Fsp3) is 0.306. The molecule has 0 fully saturated rings. The van der Waals surface area contributed by atoms with Crippen LogP contribution in [0.5, 0.6) is 0 Å². The number of allylic oxidation sites excluding steroid dienone is 4. The molecule has 1 atom stereocenters. The standard InChI is InChI=1S/C33H39Si.3CH3.Ti/c1-9-28-19-29(10-2)21-32(20-28)34(30-15-11-23(3)12-16-30,31-17-13-24(4)14-18-31)33(8)22-25(5)26(6)27(33)7;;;;/h11-21H,9-10H2,1-8H3;3*1H3;/q4*-1;+4. The molecule has 0 radical (unpaired) electrons. The Morgan fingerprint density at radius 2 is 1.03 bits per heavy atom. The molecule has 4 rings (SSSR count). The Balaban J connectivity index is 0.00000342. The van der Waals surface area contributed by atoms with Crippen molar-refractivity contribution in [2.75, 3.05) is 0 Å². The zero-order chi connectivity index (χ0) is 24.7. The zero-order valence-electron chi connectivity index (χ0n) is 25.8. The van der Waals surface area contributed by atoms with Gasteiger partial charge in [-0.1, -0.05) is 118 Å². The van der Waals surface area contributed by atoms with Gasteiger partial charge in [0, 0.05) is 0 Å². The van der Waals surface area contributed by atoms with E-state index in [-0.39, 0.29) is 49.0 Å². The van der Waals surface area contributed by atoms with Gasteiger partial charge in [-0.3, -0.25) is 6.08 Å². The molecule has 3 aromatic carbocycles. The van der Waals surface area contributed by atoms with Crippen LogP contribution in [-0.2, 0) is 34.6 Å². The van der Waals surface area contributed by atoms with E-state index < -0.39 is 8.07 Å². The van der Waals surface area contributed by atoms with Crippen molar-refractivity contribution in [3.8, 4) is 0 Å². The predicted molar refractivity (Wildman–Crippen MR) is 171 cm³/mol. The number of benzene rings is 3. The Labute approximate surface area is 251 Å². The van der Waals surface area contributed by atoms with Crippen LogP contribution in [0, 0.1) is 42.2 Å². The Kier molecular flexibility index (Phi) is 13.2. The predicted octanol–water partition coefficient (Wildman–Crippen LogP) is 8.11. The van der Waals surface area contributed by atoms with Crippen molar-refractivity contribution in [3.05, 3.63) is 134 Å². The van der Waals surface area contributed by atoms with E-state index >= 15 is 0 Å². The quantitative estimate of drug-likeness (QED) is 0.163. The molecule has 1 unspecified atom stereocenters. The average molecular weight is 557 g/mol. The first-order valence-corrected chi connectivity index (χ1v) is 14.7. The molecule has 38 heavy (non-hydrogen) atoms. The van der Waals surface area contributed by atoms with Gasteiger partial charge in [0.2, 0.25) is 0 Å². The van der Waals surface area contributed by atoms with E-state index in [0.29, 0.717) is 0 Å². The molecule has 0 aromatic heterocycles. The van der Waals surface area contributed by atoms with Gasteiger partial charge in [0.05, 0.1) is 0 Å². The summed E-state index contributed by atoms with van der Waals surface area (Å²) in [6.45, 7) is 18.3. The minimum absolute atomic E-state index is 0. The van der Waals surface area contributed by atoms with Crippen molar-refractivity contribution in [1.29, 1.82) is 0 Å². The fourth-order valence-corrected chi connectivity index (χ4v) is 11.9. The minimum atomic E-state index is -2.59. The molecule has 0 saturated carbocycles.